The van der Waals surface area contributed by atoms with Gasteiger partial charge in [0.05, 0.1) is 6.61 Å². The summed E-state index contributed by atoms with van der Waals surface area (Å²) >= 11 is 1.48. The first-order chi connectivity index (χ1) is 11.3. The molecule has 5 nitrogen and oxygen atoms in total. The van der Waals surface area contributed by atoms with Crippen molar-refractivity contribution < 1.29 is 9.53 Å². The van der Waals surface area contributed by atoms with Crippen molar-refractivity contribution in [2.45, 2.75) is 25.8 Å². The molecule has 122 valence electrons. The van der Waals surface area contributed by atoms with E-state index in [0.717, 1.165) is 29.3 Å². The van der Waals surface area contributed by atoms with Crippen LogP contribution in [-0.4, -0.2) is 36.6 Å². The van der Waals surface area contributed by atoms with Crippen molar-refractivity contribution in [3.8, 4) is 16.3 Å². The van der Waals surface area contributed by atoms with E-state index in [1.165, 1.54) is 17.8 Å². The molecule has 1 aromatic heterocycles. The van der Waals surface area contributed by atoms with Crippen LogP contribution in [0.2, 0.25) is 0 Å². The van der Waals surface area contributed by atoms with Crippen LogP contribution in [0.3, 0.4) is 0 Å². The summed E-state index contributed by atoms with van der Waals surface area (Å²) in [6.45, 7) is 4.31. The molecule has 6 heteroatoms. The summed E-state index contributed by atoms with van der Waals surface area (Å²) in [5, 5.41) is 8.97. The van der Waals surface area contributed by atoms with E-state index in [1.807, 2.05) is 36.6 Å². The van der Waals surface area contributed by atoms with E-state index < -0.39 is 0 Å². The monoisotopic (exact) mass is 331 g/mol. The van der Waals surface area contributed by atoms with Crippen molar-refractivity contribution in [1.29, 1.82) is 0 Å². The van der Waals surface area contributed by atoms with Crippen LogP contribution in [0.15, 0.2) is 29.6 Å². The first-order valence-electron chi connectivity index (χ1n) is 7.96. The third-order valence-corrected chi connectivity index (χ3v) is 4.71. The summed E-state index contributed by atoms with van der Waals surface area (Å²) in [6.07, 6.45) is 2.30. The zero-order valence-electron chi connectivity index (χ0n) is 13.2. The second kappa shape index (κ2) is 7.57. The lowest BCUT2D eigenvalue weighted by atomic mass is 10.2. The normalized spacial score (nSPS) is 17.2. The fourth-order valence-electron chi connectivity index (χ4n) is 2.61. The third-order valence-electron chi connectivity index (χ3n) is 3.82. The summed E-state index contributed by atoms with van der Waals surface area (Å²) in [4.78, 5) is 16.6. The molecular formula is C17H21N3O2S. The zero-order chi connectivity index (χ0) is 16.1. The second-order valence-corrected chi connectivity index (χ2v) is 6.36. The lowest BCUT2D eigenvalue weighted by Crippen LogP contribution is -2.37. The summed E-state index contributed by atoms with van der Waals surface area (Å²) in [7, 11) is 0. The van der Waals surface area contributed by atoms with Crippen LogP contribution in [0.25, 0.3) is 10.6 Å². The van der Waals surface area contributed by atoms with E-state index in [-0.39, 0.29) is 5.91 Å². The molecule has 1 atom stereocenters. The fourth-order valence-corrected chi connectivity index (χ4v) is 3.41. The van der Waals surface area contributed by atoms with Gasteiger partial charge in [-0.2, -0.15) is 0 Å². The van der Waals surface area contributed by atoms with Gasteiger partial charge in [-0.15, -0.1) is 11.3 Å². The average Bonchev–Trinajstić information content (AvgIpc) is 3.25. The highest BCUT2D eigenvalue weighted by Crippen LogP contribution is 2.25. The summed E-state index contributed by atoms with van der Waals surface area (Å²) < 4.78 is 5.43. The maximum absolute atomic E-state index is 12.2. The Hall–Kier alpha value is -1.92. The number of rotatable bonds is 6. The molecule has 0 bridgehead atoms. The molecule has 3 rings (SSSR count). The maximum atomic E-state index is 12.2. The Labute approximate surface area is 140 Å². The van der Waals surface area contributed by atoms with Crippen molar-refractivity contribution in [3.05, 3.63) is 35.3 Å². The fraction of sp³-hybridized carbons (Fsp3) is 0.412. The number of hydrogen-bond donors (Lipinski definition) is 2. The number of ether oxygens (including phenoxy) is 1. The van der Waals surface area contributed by atoms with Crippen LogP contribution >= 0.6 is 11.3 Å². The van der Waals surface area contributed by atoms with Crippen LogP contribution in [0.5, 0.6) is 5.75 Å². The topological polar surface area (TPSA) is 63.2 Å². The Kier molecular flexibility index (Phi) is 5.25. The lowest BCUT2D eigenvalue weighted by Gasteiger charge is -2.10. The van der Waals surface area contributed by atoms with Gasteiger partial charge in [0.25, 0.3) is 5.91 Å². The van der Waals surface area contributed by atoms with Crippen LogP contribution in [-0.2, 0) is 0 Å². The van der Waals surface area contributed by atoms with Crippen molar-refractivity contribution in [1.82, 2.24) is 15.6 Å². The van der Waals surface area contributed by atoms with Crippen molar-refractivity contribution in [3.63, 3.8) is 0 Å². The van der Waals surface area contributed by atoms with E-state index in [4.69, 9.17) is 4.74 Å². The molecule has 1 unspecified atom stereocenters. The molecule has 0 spiro atoms. The number of nitrogens with zero attached hydrogens (tertiary/aromatic N) is 1. The lowest BCUT2D eigenvalue weighted by molar-refractivity contribution is 0.0946. The minimum absolute atomic E-state index is 0.105. The van der Waals surface area contributed by atoms with Crippen LogP contribution in [0.4, 0.5) is 0 Å². The molecular weight excluding hydrogens is 310 g/mol. The van der Waals surface area contributed by atoms with Crippen LogP contribution in [0, 0.1) is 0 Å². The van der Waals surface area contributed by atoms with Crippen molar-refractivity contribution in [2.75, 3.05) is 19.7 Å². The standard InChI is InChI=1S/C17H21N3O2S/c1-2-22-14-7-5-12(6-8-14)17-20-15(11-23-17)16(21)19-10-13-4-3-9-18-13/h5-8,11,13,18H,2-4,9-10H2,1H3,(H,19,21). The number of hydrogen-bond acceptors (Lipinski definition) is 5. The molecule has 0 radical (unpaired) electrons. The maximum Gasteiger partial charge on any atom is 0.270 e. The van der Waals surface area contributed by atoms with Gasteiger partial charge in [0.2, 0.25) is 0 Å². The Balaban J connectivity index is 1.61. The highest BCUT2D eigenvalue weighted by atomic mass is 32.1. The van der Waals surface area contributed by atoms with Gasteiger partial charge < -0.3 is 15.4 Å². The molecule has 1 fully saturated rings. The van der Waals surface area contributed by atoms with E-state index in [9.17, 15) is 4.79 Å². The molecule has 1 aromatic carbocycles. The van der Waals surface area contributed by atoms with Gasteiger partial charge in [0, 0.05) is 23.5 Å². The first kappa shape index (κ1) is 16.0. The summed E-state index contributed by atoms with van der Waals surface area (Å²) in [5.41, 5.74) is 1.48. The molecule has 1 amide bonds. The Bertz CT molecular complexity index is 648. The minimum Gasteiger partial charge on any atom is -0.494 e. The Morgan fingerprint density at radius 1 is 1.43 bits per heavy atom. The molecule has 2 aromatic rings. The number of carbonyl (C=O) groups excluding carboxylic acids is 1. The number of thiazole rings is 1. The molecule has 1 aliphatic rings. The smallest absolute Gasteiger partial charge is 0.270 e. The summed E-state index contributed by atoms with van der Waals surface area (Å²) in [6, 6.07) is 8.17. The quantitative estimate of drug-likeness (QED) is 0.854. The van der Waals surface area contributed by atoms with Crippen molar-refractivity contribution >= 4 is 17.2 Å². The largest absolute Gasteiger partial charge is 0.494 e. The minimum atomic E-state index is -0.105. The predicted molar refractivity (Wildman–Crippen MR) is 92.1 cm³/mol. The highest BCUT2D eigenvalue weighted by molar-refractivity contribution is 7.13. The number of carbonyl (C=O) groups is 1. The molecule has 0 saturated carbocycles. The second-order valence-electron chi connectivity index (χ2n) is 5.50. The number of nitrogens with one attached hydrogen (secondary N) is 2. The van der Waals surface area contributed by atoms with Gasteiger partial charge in [0.15, 0.2) is 0 Å². The number of amides is 1. The SMILES string of the molecule is CCOc1ccc(-c2nc(C(=O)NCC3CCCN3)cs2)cc1. The number of aromatic nitrogens is 1. The first-order valence-corrected chi connectivity index (χ1v) is 8.84. The van der Waals surface area contributed by atoms with Crippen molar-refractivity contribution in [2.24, 2.45) is 0 Å². The molecule has 2 heterocycles. The van der Waals surface area contributed by atoms with E-state index >= 15 is 0 Å². The van der Waals surface area contributed by atoms with Crippen LogP contribution < -0.4 is 15.4 Å². The molecule has 23 heavy (non-hydrogen) atoms. The molecule has 1 saturated heterocycles. The Morgan fingerprint density at radius 2 is 2.26 bits per heavy atom. The predicted octanol–water partition coefficient (Wildman–Crippen LogP) is 2.69. The highest BCUT2D eigenvalue weighted by Gasteiger charge is 2.17. The Morgan fingerprint density at radius 3 is 2.96 bits per heavy atom. The van der Waals surface area contributed by atoms with E-state index in [0.29, 0.717) is 24.9 Å². The van der Waals surface area contributed by atoms with Gasteiger partial charge in [-0.3, -0.25) is 4.79 Å². The van der Waals surface area contributed by atoms with Gasteiger partial charge >= 0.3 is 0 Å². The zero-order valence-corrected chi connectivity index (χ0v) is 14.0. The van der Waals surface area contributed by atoms with Gasteiger partial charge in [-0.05, 0) is 50.6 Å². The average molecular weight is 331 g/mol. The van der Waals surface area contributed by atoms with Gasteiger partial charge in [-0.25, -0.2) is 4.98 Å². The third kappa shape index (κ3) is 4.09. The van der Waals surface area contributed by atoms with E-state index in [1.54, 1.807) is 0 Å². The van der Waals surface area contributed by atoms with Gasteiger partial charge in [0.1, 0.15) is 16.5 Å². The van der Waals surface area contributed by atoms with Gasteiger partial charge in [-0.1, -0.05) is 0 Å². The molecule has 2 N–H and O–H groups in total. The number of benzene rings is 1. The summed E-state index contributed by atoms with van der Waals surface area (Å²) in [5.74, 6) is 0.738. The molecule has 0 aliphatic carbocycles. The van der Waals surface area contributed by atoms with Crippen LogP contribution in [0.1, 0.15) is 30.3 Å². The molecule has 1 aliphatic heterocycles. The van der Waals surface area contributed by atoms with E-state index in [2.05, 4.69) is 15.6 Å².